The lowest BCUT2D eigenvalue weighted by Crippen LogP contribution is -2.43. The van der Waals surface area contributed by atoms with Gasteiger partial charge in [0.2, 0.25) is 0 Å². The van der Waals surface area contributed by atoms with E-state index >= 15 is 0 Å². The first-order chi connectivity index (χ1) is 15.8. The van der Waals surface area contributed by atoms with E-state index < -0.39 is 19.1 Å². The van der Waals surface area contributed by atoms with Crippen LogP contribution >= 0.6 is 13.8 Å². The van der Waals surface area contributed by atoms with Gasteiger partial charge in [-0.1, -0.05) is 84.6 Å². The highest BCUT2D eigenvalue weighted by Crippen LogP contribution is 2.66. The number of ether oxygens (including phenoxy) is 1. The number of hydrogen-bond donors (Lipinski definition) is 1. The van der Waals surface area contributed by atoms with Gasteiger partial charge < -0.3 is 13.8 Å². The van der Waals surface area contributed by atoms with E-state index in [0.29, 0.717) is 5.75 Å². The second-order valence-corrected chi connectivity index (χ2v) is 14.0. The smallest absolute Gasteiger partial charge is 0.355 e. The first kappa shape index (κ1) is 25.8. The largest absolute Gasteiger partial charge is 0.497 e. The number of nitrogens with one attached hydrogen (secondary N) is 1. The van der Waals surface area contributed by atoms with Crippen LogP contribution < -0.4 is 20.4 Å². The van der Waals surface area contributed by atoms with Crippen molar-refractivity contribution in [3.05, 3.63) is 90.5 Å². The van der Waals surface area contributed by atoms with Crippen LogP contribution in [0.5, 0.6) is 5.75 Å². The maximum Gasteiger partial charge on any atom is 0.355 e. The van der Waals surface area contributed by atoms with Crippen molar-refractivity contribution >= 4 is 36.2 Å². The third-order valence-electron chi connectivity index (χ3n) is 5.41. The Bertz CT molecular complexity index is 1070. The van der Waals surface area contributed by atoms with Gasteiger partial charge in [0.25, 0.3) is 0 Å². The van der Waals surface area contributed by atoms with Crippen LogP contribution in [-0.4, -0.2) is 20.3 Å². The van der Waals surface area contributed by atoms with E-state index in [0.717, 1.165) is 16.2 Å². The van der Waals surface area contributed by atoms with Crippen LogP contribution in [0, 0.1) is 0 Å². The van der Waals surface area contributed by atoms with Crippen LogP contribution in [0.4, 0.5) is 0 Å². The summed E-state index contributed by atoms with van der Waals surface area (Å²) >= 11 is 6.41. The molecule has 3 aromatic rings. The lowest BCUT2D eigenvalue weighted by Gasteiger charge is -2.41. The molecule has 0 aliphatic rings. The first-order valence-corrected chi connectivity index (χ1v) is 15.2. The Balaban J connectivity index is 2.26. The first-order valence-electron chi connectivity index (χ1n) is 10.9. The molecular formula is C25H31NO4P2S. The molecule has 3 rings (SSSR count). The van der Waals surface area contributed by atoms with Crippen LogP contribution in [0.1, 0.15) is 26.3 Å². The fourth-order valence-electron chi connectivity index (χ4n) is 3.70. The Morgan fingerprint density at radius 1 is 0.818 bits per heavy atom. The minimum Gasteiger partial charge on any atom is -0.497 e. The van der Waals surface area contributed by atoms with Gasteiger partial charge in [-0.2, -0.15) is 0 Å². The molecular weight excluding hydrogens is 472 g/mol. The monoisotopic (exact) mass is 503 g/mol. The van der Waals surface area contributed by atoms with E-state index in [2.05, 4.69) is 5.09 Å². The van der Waals surface area contributed by atoms with E-state index in [1.807, 2.05) is 106 Å². The fourth-order valence-corrected chi connectivity index (χ4v) is 10.3. The summed E-state index contributed by atoms with van der Waals surface area (Å²) in [6, 6.07) is 27.3. The molecule has 1 atom stereocenters. The molecule has 5 nitrogen and oxygen atoms in total. The van der Waals surface area contributed by atoms with E-state index in [9.17, 15) is 4.57 Å². The molecule has 0 aromatic heterocycles. The van der Waals surface area contributed by atoms with E-state index in [1.165, 1.54) is 0 Å². The average molecular weight is 504 g/mol. The molecule has 0 unspecified atom stereocenters. The predicted octanol–water partition coefficient (Wildman–Crippen LogP) is 5.77. The molecule has 176 valence electrons. The minimum atomic E-state index is -3.71. The van der Waals surface area contributed by atoms with Crippen LogP contribution in [0.25, 0.3) is 0 Å². The van der Waals surface area contributed by atoms with Crippen molar-refractivity contribution in [3.63, 3.8) is 0 Å². The number of methoxy groups -OCH3 is 1. The number of hydrogen-bond acceptors (Lipinski definition) is 5. The van der Waals surface area contributed by atoms with Gasteiger partial charge in [0.15, 0.2) is 0 Å². The molecule has 0 radical (unpaired) electrons. The lowest BCUT2D eigenvalue weighted by atomic mass is 10.1. The van der Waals surface area contributed by atoms with E-state index in [4.69, 9.17) is 25.6 Å². The second kappa shape index (κ2) is 11.1. The summed E-state index contributed by atoms with van der Waals surface area (Å²) in [5.74, 6) is 0.703. The van der Waals surface area contributed by atoms with Gasteiger partial charge in [0.1, 0.15) is 11.0 Å². The van der Waals surface area contributed by atoms with E-state index in [-0.39, 0.29) is 13.2 Å². The molecule has 0 saturated heterocycles. The summed E-state index contributed by atoms with van der Waals surface area (Å²) in [5.41, 5.74) is 0.745. The highest BCUT2D eigenvalue weighted by molar-refractivity contribution is 8.21. The topological polar surface area (TPSA) is 56.8 Å². The van der Waals surface area contributed by atoms with Crippen LogP contribution in [0.15, 0.2) is 84.9 Å². The second-order valence-electron chi connectivity index (χ2n) is 7.53. The normalized spacial score (nSPS) is 13.9. The molecule has 0 saturated carbocycles. The molecule has 0 spiro atoms. The van der Waals surface area contributed by atoms with Gasteiger partial charge in [-0.3, -0.25) is 9.65 Å². The zero-order valence-electron chi connectivity index (χ0n) is 19.4. The molecule has 0 bridgehead atoms. The fraction of sp³-hybridized carbons (Fsp3) is 0.280. The highest BCUT2D eigenvalue weighted by atomic mass is 32.4. The van der Waals surface area contributed by atoms with Crippen molar-refractivity contribution in [2.75, 3.05) is 20.3 Å². The highest BCUT2D eigenvalue weighted by Gasteiger charge is 2.51. The third kappa shape index (κ3) is 5.33. The van der Waals surface area contributed by atoms with Crippen LogP contribution in [-0.2, 0) is 30.7 Å². The summed E-state index contributed by atoms with van der Waals surface area (Å²) in [5, 5.41) is 4.39. The van der Waals surface area contributed by atoms with Crippen molar-refractivity contribution in [2.24, 2.45) is 0 Å². The Kier molecular flexibility index (Phi) is 8.69. The zero-order valence-corrected chi connectivity index (χ0v) is 22.0. The van der Waals surface area contributed by atoms with Crippen LogP contribution in [0.3, 0.4) is 0 Å². The molecule has 3 aromatic carbocycles. The van der Waals surface area contributed by atoms with Gasteiger partial charge in [-0.15, -0.1) is 0 Å². The summed E-state index contributed by atoms with van der Waals surface area (Å²) in [6.07, 6.45) is -2.65. The van der Waals surface area contributed by atoms with E-state index in [1.54, 1.807) is 7.11 Å². The Morgan fingerprint density at radius 3 is 1.67 bits per heavy atom. The molecule has 0 heterocycles. The molecule has 1 N–H and O–H groups in total. The van der Waals surface area contributed by atoms with Crippen molar-refractivity contribution in [1.82, 2.24) is 5.09 Å². The Morgan fingerprint density at radius 2 is 1.27 bits per heavy atom. The maximum atomic E-state index is 14.4. The summed E-state index contributed by atoms with van der Waals surface area (Å²) in [7, 11) is -2.10. The average Bonchev–Trinajstić information content (AvgIpc) is 2.85. The van der Waals surface area contributed by atoms with Gasteiger partial charge in [-0.05, 0) is 38.5 Å². The van der Waals surface area contributed by atoms with Gasteiger partial charge in [0, 0.05) is 10.6 Å². The predicted molar refractivity (Wildman–Crippen MR) is 141 cm³/mol. The lowest BCUT2D eigenvalue weighted by molar-refractivity contribution is 0.195. The van der Waals surface area contributed by atoms with Crippen molar-refractivity contribution in [3.8, 4) is 5.75 Å². The molecule has 0 amide bonds. The zero-order chi connectivity index (χ0) is 24.0. The minimum absolute atomic E-state index is 0.240. The SMILES string of the molecule is CCOP(=O)(OCC)[C@@](C)(NP(=S)(c1ccccc1)c1ccccc1)c1ccc(OC)cc1. The van der Waals surface area contributed by atoms with Crippen molar-refractivity contribution in [2.45, 2.75) is 26.1 Å². The molecule has 33 heavy (non-hydrogen) atoms. The quantitative estimate of drug-likeness (QED) is 0.336. The molecule has 0 fully saturated rings. The van der Waals surface area contributed by atoms with Crippen LogP contribution in [0.2, 0.25) is 0 Å². The Labute approximate surface area is 202 Å². The van der Waals surface area contributed by atoms with Gasteiger partial charge >= 0.3 is 7.60 Å². The van der Waals surface area contributed by atoms with Gasteiger partial charge in [0.05, 0.1) is 26.5 Å². The summed E-state index contributed by atoms with van der Waals surface area (Å²) < 4.78 is 31.4. The number of benzene rings is 3. The molecule has 8 heteroatoms. The van der Waals surface area contributed by atoms with Crippen molar-refractivity contribution in [1.29, 1.82) is 0 Å². The maximum absolute atomic E-state index is 14.4. The third-order valence-corrected chi connectivity index (χ3v) is 12.6. The van der Waals surface area contributed by atoms with Gasteiger partial charge in [-0.25, -0.2) is 0 Å². The summed E-state index contributed by atoms with van der Waals surface area (Å²) in [6.45, 7) is 5.96. The van der Waals surface area contributed by atoms with Crippen molar-refractivity contribution < 1.29 is 18.3 Å². The summed E-state index contributed by atoms with van der Waals surface area (Å²) in [4.78, 5) is 0. The molecule has 0 aliphatic heterocycles. The standard InChI is InChI=1S/C25H31NO4P2S/c1-5-29-32(27,30-6-2)25(3,21-17-19-22(28-4)20-18-21)26-31(33,23-13-9-7-10-14-23)24-15-11-8-12-16-24/h7-20H,5-6H2,1-4H3,(H,26,33)/t25-/m1/s1. The Hall–Kier alpha value is -1.78. The number of rotatable bonds is 11. The molecule has 0 aliphatic carbocycles.